The van der Waals surface area contributed by atoms with E-state index in [1.165, 1.54) is 12.1 Å². The number of amides is 2. The second-order valence-electron chi connectivity index (χ2n) is 5.02. The summed E-state index contributed by atoms with van der Waals surface area (Å²) < 4.78 is 7.13. The minimum Gasteiger partial charge on any atom is -0.489 e. The van der Waals surface area contributed by atoms with Gasteiger partial charge in [0, 0.05) is 18.7 Å². The average molecular weight is 349 g/mol. The zero-order valence-corrected chi connectivity index (χ0v) is 13.3. The second-order valence-corrected chi connectivity index (χ2v) is 5.02. The third kappa shape index (κ3) is 4.38. The van der Waals surface area contributed by atoms with Crippen LogP contribution in [0.4, 0.5) is 10.7 Å². The molecule has 0 unspecified atom stereocenters. The van der Waals surface area contributed by atoms with Crippen molar-refractivity contribution in [1.29, 1.82) is 0 Å². The number of aromatic nitrogens is 2. The number of carbonyl (C=O) groups excluding carboxylic acids is 1. The SMILES string of the molecule is NC(=O)c1cc(OCCO)c2c(c1)nc(N)n2C/C=C/CNC(=O)O. The number of nitrogens with one attached hydrogen (secondary N) is 1. The van der Waals surface area contributed by atoms with Gasteiger partial charge in [0.2, 0.25) is 11.9 Å². The molecule has 2 aromatic rings. The Bertz CT molecular complexity index is 814. The number of hydrogen-bond acceptors (Lipinski definition) is 6. The fourth-order valence-electron chi connectivity index (χ4n) is 2.25. The number of fused-ring (bicyclic) bond motifs is 1. The predicted molar refractivity (Wildman–Crippen MR) is 90.4 cm³/mol. The summed E-state index contributed by atoms with van der Waals surface area (Å²) in [6, 6.07) is 2.97. The van der Waals surface area contributed by atoms with Crippen molar-refractivity contribution in [1.82, 2.24) is 14.9 Å². The molecule has 10 nitrogen and oxygen atoms in total. The Labute approximate surface area is 142 Å². The number of rotatable bonds is 8. The molecule has 0 fully saturated rings. The Morgan fingerprint density at radius 3 is 2.76 bits per heavy atom. The Hall–Kier alpha value is -3.27. The molecule has 0 spiro atoms. The smallest absolute Gasteiger partial charge is 0.404 e. The first-order valence-corrected chi connectivity index (χ1v) is 7.39. The molecule has 0 aliphatic carbocycles. The minimum absolute atomic E-state index is 0.0285. The van der Waals surface area contributed by atoms with Crippen molar-refractivity contribution in [2.45, 2.75) is 6.54 Å². The van der Waals surface area contributed by atoms with Crippen LogP contribution >= 0.6 is 0 Å². The van der Waals surface area contributed by atoms with Crippen molar-refractivity contribution < 1.29 is 24.5 Å². The van der Waals surface area contributed by atoms with Gasteiger partial charge >= 0.3 is 6.09 Å². The van der Waals surface area contributed by atoms with E-state index in [1.807, 2.05) is 0 Å². The molecule has 134 valence electrons. The lowest BCUT2D eigenvalue weighted by Crippen LogP contribution is -2.20. The minimum atomic E-state index is -1.11. The van der Waals surface area contributed by atoms with Gasteiger partial charge in [-0.05, 0) is 12.1 Å². The van der Waals surface area contributed by atoms with Crippen LogP contribution in [0.1, 0.15) is 10.4 Å². The number of primary amides is 1. The molecular formula is C15H19N5O5. The standard InChI is InChI=1S/C15H19N5O5/c16-13(22)9-7-10-12(11(8-9)25-6-5-21)20(14(17)19-10)4-2-1-3-18-15(23)24/h1-2,7-8,18,21H,3-6H2,(H2,16,22)(H2,17,19)(H,23,24)/b2-1+. The number of nitrogens with two attached hydrogens (primary N) is 2. The van der Waals surface area contributed by atoms with Crippen LogP contribution in [-0.2, 0) is 6.54 Å². The number of anilines is 1. The third-order valence-electron chi connectivity index (χ3n) is 3.30. The normalized spacial score (nSPS) is 11.1. The molecular weight excluding hydrogens is 330 g/mol. The highest BCUT2D eigenvalue weighted by atomic mass is 16.5. The molecule has 2 amide bonds. The summed E-state index contributed by atoms with van der Waals surface area (Å²) in [7, 11) is 0. The van der Waals surface area contributed by atoms with Crippen molar-refractivity contribution in [3.8, 4) is 5.75 Å². The van der Waals surface area contributed by atoms with Crippen molar-refractivity contribution in [3.05, 3.63) is 29.8 Å². The zero-order valence-electron chi connectivity index (χ0n) is 13.3. The maximum Gasteiger partial charge on any atom is 0.404 e. The first kappa shape index (κ1) is 18.1. The first-order chi connectivity index (χ1) is 11.9. The maximum absolute atomic E-state index is 11.4. The molecule has 10 heteroatoms. The number of nitrogens with zero attached hydrogens (tertiary/aromatic N) is 2. The summed E-state index contributed by atoms with van der Waals surface area (Å²) in [5.74, 6) is -0.119. The quantitative estimate of drug-likeness (QED) is 0.415. The summed E-state index contributed by atoms with van der Waals surface area (Å²) in [6.45, 7) is 0.296. The molecule has 0 saturated heterocycles. The second kappa shape index (κ2) is 8.02. The van der Waals surface area contributed by atoms with Crippen LogP contribution in [-0.4, -0.2) is 51.5 Å². The van der Waals surface area contributed by atoms with E-state index in [0.717, 1.165) is 0 Å². The Kier molecular flexibility index (Phi) is 5.79. The van der Waals surface area contributed by atoms with Crippen molar-refractivity contribution in [3.63, 3.8) is 0 Å². The molecule has 25 heavy (non-hydrogen) atoms. The van der Waals surface area contributed by atoms with Crippen molar-refractivity contribution >= 4 is 29.0 Å². The summed E-state index contributed by atoms with van der Waals surface area (Å²) in [5.41, 5.74) is 12.4. The number of aliphatic hydroxyl groups excluding tert-OH is 1. The zero-order chi connectivity index (χ0) is 18.4. The van der Waals surface area contributed by atoms with Gasteiger partial charge in [0.05, 0.1) is 12.1 Å². The van der Waals surface area contributed by atoms with E-state index in [2.05, 4.69) is 10.3 Å². The fourth-order valence-corrected chi connectivity index (χ4v) is 2.25. The largest absolute Gasteiger partial charge is 0.489 e. The maximum atomic E-state index is 11.4. The van der Waals surface area contributed by atoms with E-state index in [1.54, 1.807) is 16.7 Å². The summed E-state index contributed by atoms with van der Waals surface area (Å²) >= 11 is 0. The summed E-state index contributed by atoms with van der Waals surface area (Å²) in [5, 5.41) is 19.7. The Morgan fingerprint density at radius 1 is 1.36 bits per heavy atom. The molecule has 0 atom stereocenters. The van der Waals surface area contributed by atoms with Crippen molar-refractivity contribution in [2.24, 2.45) is 5.73 Å². The highest BCUT2D eigenvalue weighted by Crippen LogP contribution is 2.29. The number of aliphatic hydroxyl groups is 1. The average Bonchev–Trinajstić information content (AvgIpc) is 2.87. The number of imidazole rings is 1. The number of benzene rings is 1. The number of hydrogen-bond donors (Lipinski definition) is 5. The molecule has 2 rings (SSSR count). The Balaban J connectivity index is 2.37. The van der Waals surface area contributed by atoms with Gasteiger partial charge in [0.1, 0.15) is 17.9 Å². The van der Waals surface area contributed by atoms with Gasteiger partial charge in [-0.15, -0.1) is 0 Å². The topological polar surface area (TPSA) is 166 Å². The highest BCUT2D eigenvalue weighted by Gasteiger charge is 2.16. The molecule has 0 bridgehead atoms. The molecule has 7 N–H and O–H groups in total. The molecule has 1 aromatic carbocycles. The molecule has 0 aliphatic rings. The number of allylic oxidation sites excluding steroid dienone is 1. The van der Waals surface area contributed by atoms with Crippen LogP contribution in [0.15, 0.2) is 24.3 Å². The number of nitrogen functional groups attached to an aromatic ring is 1. The van der Waals surface area contributed by atoms with Gasteiger partial charge in [-0.25, -0.2) is 9.78 Å². The van der Waals surface area contributed by atoms with Crippen LogP contribution < -0.4 is 21.5 Å². The van der Waals surface area contributed by atoms with Gasteiger partial charge in [0.15, 0.2) is 0 Å². The number of ether oxygens (including phenoxy) is 1. The number of carbonyl (C=O) groups is 2. The van der Waals surface area contributed by atoms with Crippen LogP contribution in [0, 0.1) is 0 Å². The van der Waals surface area contributed by atoms with E-state index in [9.17, 15) is 9.59 Å². The Morgan fingerprint density at radius 2 is 2.12 bits per heavy atom. The van der Waals surface area contributed by atoms with E-state index >= 15 is 0 Å². The lowest BCUT2D eigenvalue weighted by molar-refractivity contribution is 0.1000. The van der Waals surface area contributed by atoms with Crippen LogP contribution in [0.25, 0.3) is 11.0 Å². The summed E-state index contributed by atoms with van der Waals surface area (Å²) in [6.07, 6.45) is 2.23. The molecule has 1 aromatic heterocycles. The van der Waals surface area contributed by atoms with E-state index in [4.69, 9.17) is 26.4 Å². The third-order valence-corrected chi connectivity index (χ3v) is 3.30. The van der Waals surface area contributed by atoms with Crippen molar-refractivity contribution in [2.75, 3.05) is 25.5 Å². The van der Waals surface area contributed by atoms with Gasteiger partial charge in [0.25, 0.3) is 0 Å². The van der Waals surface area contributed by atoms with E-state index in [-0.39, 0.29) is 31.3 Å². The molecule has 0 saturated carbocycles. The lowest BCUT2D eigenvalue weighted by atomic mass is 10.1. The van der Waals surface area contributed by atoms with Gasteiger partial charge in [-0.1, -0.05) is 12.2 Å². The van der Waals surface area contributed by atoms with Crippen LogP contribution in [0.2, 0.25) is 0 Å². The molecule has 0 aliphatic heterocycles. The van der Waals surface area contributed by atoms with Gasteiger partial charge in [-0.2, -0.15) is 0 Å². The summed E-state index contributed by atoms with van der Waals surface area (Å²) in [4.78, 5) is 26.0. The molecule has 1 heterocycles. The number of carboxylic acid groups (broad SMARTS) is 1. The van der Waals surface area contributed by atoms with E-state index in [0.29, 0.717) is 23.3 Å². The monoisotopic (exact) mass is 349 g/mol. The van der Waals surface area contributed by atoms with Gasteiger partial charge < -0.3 is 36.3 Å². The molecule has 0 radical (unpaired) electrons. The van der Waals surface area contributed by atoms with Crippen LogP contribution in [0.5, 0.6) is 5.75 Å². The predicted octanol–water partition coefficient (Wildman–Crippen LogP) is -0.0877. The van der Waals surface area contributed by atoms with E-state index < -0.39 is 12.0 Å². The highest BCUT2D eigenvalue weighted by molar-refractivity contribution is 5.98. The lowest BCUT2D eigenvalue weighted by Gasteiger charge is -2.10. The van der Waals surface area contributed by atoms with Gasteiger partial charge in [-0.3, -0.25) is 4.79 Å². The fraction of sp³-hybridized carbons (Fsp3) is 0.267. The first-order valence-electron chi connectivity index (χ1n) is 7.39. The van der Waals surface area contributed by atoms with Crippen LogP contribution in [0.3, 0.4) is 0 Å².